The summed E-state index contributed by atoms with van der Waals surface area (Å²) in [5, 5.41) is 3.05. The van der Waals surface area contributed by atoms with Gasteiger partial charge in [-0.25, -0.2) is 8.78 Å². The second-order valence-corrected chi connectivity index (χ2v) is 6.87. The third kappa shape index (κ3) is 3.66. The number of methoxy groups -OCH3 is 1. The van der Waals surface area contributed by atoms with Gasteiger partial charge in [0.1, 0.15) is 18.2 Å². The molecule has 7 heteroatoms. The lowest BCUT2D eigenvalue weighted by Crippen LogP contribution is -2.53. The number of ether oxygens (including phenoxy) is 1. The second kappa shape index (κ2) is 7.07. The highest BCUT2D eigenvalue weighted by Gasteiger charge is 2.49. The maximum Gasteiger partial charge on any atom is 0.248 e. The Morgan fingerprint density at radius 1 is 1.32 bits per heavy atom. The van der Waals surface area contributed by atoms with Crippen LogP contribution in [0.4, 0.5) is 8.78 Å². The van der Waals surface area contributed by atoms with Gasteiger partial charge in [-0.05, 0) is 30.5 Å². The van der Waals surface area contributed by atoms with Crippen LogP contribution in [0.25, 0.3) is 0 Å². The van der Waals surface area contributed by atoms with Gasteiger partial charge in [0.2, 0.25) is 11.8 Å². The molecule has 2 amide bonds. The first-order valence-electron chi connectivity index (χ1n) is 8.47. The lowest BCUT2D eigenvalue weighted by Gasteiger charge is -2.34. The van der Waals surface area contributed by atoms with Crippen molar-refractivity contribution in [2.45, 2.75) is 37.1 Å². The molecule has 1 aromatic rings. The summed E-state index contributed by atoms with van der Waals surface area (Å²) in [4.78, 5) is 26.1. The van der Waals surface area contributed by atoms with Crippen LogP contribution in [-0.2, 0) is 14.3 Å². The number of benzene rings is 1. The molecule has 2 atom stereocenters. The van der Waals surface area contributed by atoms with Gasteiger partial charge < -0.3 is 15.0 Å². The molecule has 0 saturated carbocycles. The monoisotopic (exact) mass is 352 g/mol. The van der Waals surface area contributed by atoms with Crippen LogP contribution < -0.4 is 5.32 Å². The van der Waals surface area contributed by atoms with Crippen molar-refractivity contribution in [2.75, 3.05) is 26.8 Å². The van der Waals surface area contributed by atoms with E-state index < -0.39 is 17.2 Å². The average Bonchev–Trinajstić information content (AvgIpc) is 2.79. The van der Waals surface area contributed by atoms with Crippen molar-refractivity contribution in [1.82, 2.24) is 10.2 Å². The van der Waals surface area contributed by atoms with E-state index in [1.807, 2.05) is 0 Å². The summed E-state index contributed by atoms with van der Waals surface area (Å²) in [6.45, 7) is 0.559. The van der Waals surface area contributed by atoms with Gasteiger partial charge in [0, 0.05) is 38.6 Å². The highest BCUT2D eigenvalue weighted by atomic mass is 19.1. The normalized spacial score (nSPS) is 26.6. The molecule has 0 aromatic heterocycles. The van der Waals surface area contributed by atoms with E-state index in [1.165, 1.54) is 19.2 Å². The van der Waals surface area contributed by atoms with Crippen molar-refractivity contribution in [3.05, 3.63) is 35.4 Å². The second-order valence-electron chi connectivity index (χ2n) is 6.87. The first-order valence-corrected chi connectivity index (χ1v) is 8.47. The van der Waals surface area contributed by atoms with Gasteiger partial charge in [0.15, 0.2) is 0 Å². The van der Waals surface area contributed by atoms with Crippen LogP contribution in [-0.4, -0.2) is 49.1 Å². The van der Waals surface area contributed by atoms with Gasteiger partial charge >= 0.3 is 0 Å². The first kappa shape index (κ1) is 17.8. The Balaban J connectivity index is 1.98. The van der Waals surface area contributed by atoms with Crippen LogP contribution in [0, 0.1) is 11.6 Å². The molecule has 2 saturated heterocycles. The maximum atomic E-state index is 13.7. The molecule has 2 fully saturated rings. The quantitative estimate of drug-likeness (QED) is 0.905. The number of carbonyl (C=O) groups excluding carboxylic acids is 2. The summed E-state index contributed by atoms with van der Waals surface area (Å²) < 4.78 is 32.4. The third-order valence-corrected chi connectivity index (χ3v) is 5.12. The number of rotatable bonds is 3. The van der Waals surface area contributed by atoms with Crippen molar-refractivity contribution in [1.29, 1.82) is 0 Å². The van der Waals surface area contributed by atoms with Gasteiger partial charge in [-0.2, -0.15) is 0 Å². The van der Waals surface area contributed by atoms with E-state index in [0.717, 1.165) is 18.9 Å². The lowest BCUT2D eigenvalue weighted by atomic mass is 9.79. The molecule has 136 valence electrons. The molecule has 0 unspecified atom stereocenters. The summed E-state index contributed by atoms with van der Waals surface area (Å²) in [5.74, 6) is -1.96. The third-order valence-electron chi connectivity index (χ3n) is 5.12. The molecule has 0 radical (unpaired) electrons. The molecular formula is C18H22F2N2O3. The van der Waals surface area contributed by atoms with E-state index in [1.54, 1.807) is 4.90 Å². The minimum atomic E-state index is -0.697. The van der Waals surface area contributed by atoms with Crippen LogP contribution in [0.2, 0.25) is 0 Å². The highest BCUT2D eigenvalue weighted by Crippen LogP contribution is 2.41. The number of halogens is 2. The van der Waals surface area contributed by atoms with Gasteiger partial charge in [-0.15, -0.1) is 0 Å². The fraction of sp³-hybridized carbons (Fsp3) is 0.556. The predicted octanol–water partition coefficient (Wildman–Crippen LogP) is 1.97. The minimum Gasteiger partial charge on any atom is -0.375 e. The Bertz CT molecular complexity index is 662. The van der Waals surface area contributed by atoms with Crippen molar-refractivity contribution in [3.8, 4) is 0 Å². The van der Waals surface area contributed by atoms with Crippen molar-refractivity contribution >= 4 is 11.8 Å². The summed E-state index contributed by atoms with van der Waals surface area (Å²) in [6, 6.07) is 3.40. The largest absolute Gasteiger partial charge is 0.375 e. The maximum absolute atomic E-state index is 13.7. The molecule has 2 heterocycles. The Morgan fingerprint density at radius 3 is 2.72 bits per heavy atom. The molecule has 1 spiro atoms. The van der Waals surface area contributed by atoms with Crippen molar-refractivity contribution in [2.24, 2.45) is 0 Å². The van der Waals surface area contributed by atoms with E-state index in [2.05, 4.69) is 5.32 Å². The summed E-state index contributed by atoms with van der Waals surface area (Å²) in [7, 11) is 1.44. The molecule has 0 bridgehead atoms. The zero-order valence-electron chi connectivity index (χ0n) is 14.2. The highest BCUT2D eigenvalue weighted by molar-refractivity contribution is 5.80. The summed E-state index contributed by atoms with van der Waals surface area (Å²) in [6.07, 6.45) is 2.68. The van der Waals surface area contributed by atoms with Gasteiger partial charge in [-0.3, -0.25) is 9.59 Å². The van der Waals surface area contributed by atoms with E-state index >= 15 is 0 Å². The number of hydrogen-bond donors (Lipinski definition) is 1. The molecule has 2 aliphatic heterocycles. The predicted molar refractivity (Wildman–Crippen MR) is 86.9 cm³/mol. The number of nitrogens with one attached hydrogen (secondary N) is 1. The Hall–Kier alpha value is -2.02. The van der Waals surface area contributed by atoms with Crippen LogP contribution >= 0.6 is 0 Å². The Kier molecular flexibility index (Phi) is 5.03. The molecule has 1 aromatic carbocycles. The molecule has 0 aliphatic carbocycles. The standard InChI is InChI=1S/C18H22F2N2O3/c1-25-10-17(24)22-9-15(12-6-13(19)8-14(20)7-12)18(11-22)5-3-2-4-16(23)21-18/h6-8,15H,2-5,9-11H2,1H3,(H,21,23)/t15-,18+/m0/s1. The minimum absolute atomic E-state index is 0.0613. The average molecular weight is 352 g/mol. The van der Waals surface area contributed by atoms with E-state index in [9.17, 15) is 18.4 Å². The molecule has 2 aliphatic rings. The summed E-state index contributed by atoms with van der Waals surface area (Å²) >= 11 is 0. The van der Waals surface area contributed by atoms with E-state index in [0.29, 0.717) is 31.5 Å². The van der Waals surface area contributed by atoms with E-state index in [-0.39, 0.29) is 24.3 Å². The van der Waals surface area contributed by atoms with Crippen molar-refractivity contribution < 1.29 is 23.1 Å². The zero-order valence-corrected chi connectivity index (χ0v) is 14.2. The Morgan fingerprint density at radius 2 is 2.04 bits per heavy atom. The first-order chi connectivity index (χ1) is 11.9. The fourth-order valence-corrected chi connectivity index (χ4v) is 4.02. The van der Waals surface area contributed by atoms with Crippen LogP contribution in [0.3, 0.4) is 0 Å². The van der Waals surface area contributed by atoms with Gasteiger partial charge in [0.05, 0.1) is 5.54 Å². The molecule has 3 rings (SSSR count). The van der Waals surface area contributed by atoms with E-state index in [4.69, 9.17) is 4.74 Å². The van der Waals surface area contributed by atoms with Crippen molar-refractivity contribution in [3.63, 3.8) is 0 Å². The zero-order chi connectivity index (χ0) is 18.0. The molecule has 1 N–H and O–H groups in total. The topological polar surface area (TPSA) is 58.6 Å². The van der Waals surface area contributed by atoms with Crippen LogP contribution in [0.5, 0.6) is 0 Å². The smallest absolute Gasteiger partial charge is 0.248 e. The fourth-order valence-electron chi connectivity index (χ4n) is 4.02. The number of amides is 2. The molecule has 5 nitrogen and oxygen atoms in total. The molecular weight excluding hydrogens is 330 g/mol. The number of hydrogen-bond acceptors (Lipinski definition) is 3. The number of nitrogens with zero attached hydrogens (tertiary/aromatic N) is 1. The Labute approximate surface area is 145 Å². The van der Waals surface area contributed by atoms with Gasteiger partial charge in [0.25, 0.3) is 0 Å². The SMILES string of the molecule is COCC(=O)N1C[C@@H](c2cc(F)cc(F)c2)[C@@]2(CCCCC(=O)N2)C1. The number of likely N-dealkylation sites (tertiary alicyclic amines) is 1. The van der Waals surface area contributed by atoms with Crippen LogP contribution in [0.15, 0.2) is 18.2 Å². The molecule has 25 heavy (non-hydrogen) atoms. The number of carbonyl (C=O) groups is 2. The lowest BCUT2D eigenvalue weighted by molar-refractivity contribution is -0.134. The van der Waals surface area contributed by atoms with Crippen LogP contribution in [0.1, 0.15) is 37.2 Å². The summed E-state index contributed by atoms with van der Waals surface area (Å²) in [5.41, 5.74) is -0.232. The van der Waals surface area contributed by atoms with Gasteiger partial charge in [-0.1, -0.05) is 6.42 Å².